The number of phosphoric acid groups is 3. The molecule has 1 amide bonds. The molecule has 0 spiro atoms. The molecule has 8 unspecified atom stereocenters. The fraction of sp³-hybridized carbons (Fsp3) is 0.778. The van der Waals surface area contributed by atoms with Crippen molar-refractivity contribution < 1.29 is 106 Å². The number of nitrogen functional groups attached to an aromatic ring is 1. The number of imidazole rings is 1. The molecule has 3 saturated heterocycles. The smallest absolute Gasteiger partial charge is 0.443 e. The molecule has 0 aromatic carbocycles. The molecule has 3 aliphatic rings. The number of hydrogen-bond donors (Lipinski definition) is 6. The molecule has 2 aromatic heterocycles. The number of anilines is 1. The monoisotopic (exact) mass is 984 g/mol. The van der Waals surface area contributed by atoms with Gasteiger partial charge in [0.1, 0.15) is 31.1 Å². The predicted octanol–water partition coefficient (Wildman–Crippen LogP) is 1.58. The van der Waals surface area contributed by atoms with Crippen molar-refractivity contribution >= 4 is 61.9 Å². The number of nitrogens with one attached hydrogen (secondary N) is 2. The largest absolute Gasteiger partial charge is 0.490 e. The molecule has 29 nitrogen and oxygen atoms in total. The molecule has 0 bridgehead atoms. The predicted molar refractivity (Wildman–Crippen MR) is 203 cm³/mol. The molecule has 34 heteroatoms. The van der Waals surface area contributed by atoms with Crippen LogP contribution in [0.2, 0.25) is 0 Å². The highest BCUT2D eigenvalue weighted by atomic mass is 31.3. The van der Waals surface area contributed by atoms with Gasteiger partial charge < -0.3 is 67.5 Å². The minimum atomic E-state index is -5.90. The standard InChI is InChI=1S/C27H47N6O23P5/c1-29-27(35)52-17-4-7-45-20(17)12-49-57(2,36)53-18-5-8-46-21(18)13-50-58(3,37)54-19-6-9-47-22(19)14-51-60(40,41)56-61(42,43)55-59(38,39)48-11-10-44-16-33-15-30-23-24(33)31-26(28)32-25(23)34/h15,17-22H,4-14,16H2,1-3H3,(H,29,35)(H,38,39)(H,40,41)(H,42,43)(H3,28,31,32,34)/t17?,18?,19?,20-,21-,22-,57?,58?/m1/s1/i7T,8T,9T/t7-,8-,9-,17?,18?,19?,20+,21+,22+,57?,58?/m0. The van der Waals surface area contributed by atoms with Crippen LogP contribution in [0.15, 0.2) is 11.1 Å². The maximum absolute atomic E-state index is 13.4. The normalized spacial score (nSPS) is 32.4. The van der Waals surface area contributed by atoms with Crippen molar-refractivity contribution in [2.24, 2.45) is 0 Å². The molecule has 5 rings (SSSR count). The zero-order chi connectivity index (χ0) is 47.3. The van der Waals surface area contributed by atoms with Crippen molar-refractivity contribution in [3.8, 4) is 0 Å². The number of carbonyl (C=O) groups excluding carboxylic acids is 1. The molecule has 0 aliphatic carbocycles. The number of alkyl carbamates (subject to hydrolysis) is 1. The number of carbonyl (C=O) groups is 1. The SMILES string of the molecule is [3H][C@H]1CC(OC(=O)NC)[C@@H](COP(C)(=O)OC2C[C@H]([3H])O[C@@H]2COP(C)(=O)OC2C[C@H]([3H])O[C@@H]2COP(=O)(O)OP(=O)(O)OP(=O)(O)OCCOCn2cnc3c(=O)[nH]c(N)nc32)O1. The fourth-order valence-electron chi connectivity index (χ4n) is 5.42. The van der Waals surface area contributed by atoms with Gasteiger partial charge in [-0.1, -0.05) is 0 Å². The summed E-state index contributed by atoms with van der Waals surface area (Å²) >= 11 is 0. The van der Waals surface area contributed by atoms with E-state index >= 15 is 0 Å². The first-order chi connectivity index (χ1) is 29.7. The summed E-state index contributed by atoms with van der Waals surface area (Å²) in [5, 5.41) is 2.28. The topological polar surface area (TPSA) is 385 Å². The van der Waals surface area contributed by atoms with E-state index in [4.69, 9.17) is 56.1 Å². The number of H-pyrrole nitrogens is 1. The van der Waals surface area contributed by atoms with E-state index in [0.717, 1.165) is 13.3 Å². The number of ether oxygens (including phenoxy) is 5. The first-order valence-corrected chi connectivity index (χ1v) is 26.1. The van der Waals surface area contributed by atoms with Gasteiger partial charge in [0, 0.05) is 52.8 Å². The molecule has 7 N–H and O–H groups in total. The Bertz CT molecular complexity index is 2250. The highest BCUT2D eigenvalue weighted by Crippen LogP contribution is 2.67. The van der Waals surface area contributed by atoms with Crippen LogP contribution in [0.3, 0.4) is 0 Å². The number of nitrogens with two attached hydrogens (primary N) is 1. The Kier molecular flexibility index (Phi) is 15.9. The van der Waals surface area contributed by atoms with Crippen LogP contribution in [0.25, 0.3) is 11.2 Å². The van der Waals surface area contributed by atoms with E-state index in [2.05, 4.69) is 33.4 Å². The molecule has 3 fully saturated rings. The Balaban J connectivity index is 1.05. The van der Waals surface area contributed by atoms with Gasteiger partial charge in [-0.3, -0.25) is 32.5 Å². The zero-order valence-electron chi connectivity index (χ0n) is 35.3. The molecular formula is C27H47N6O23P5. The molecule has 5 heterocycles. The Morgan fingerprint density at radius 1 is 0.852 bits per heavy atom. The molecule has 348 valence electrons. The maximum Gasteiger partial charge on any atom is 0.490 e. The number of amides is 1. The summed E-state index contributed by atoms with van der Waals surface area (Å²) in [5.41, 5.74) is 4.93. The third-order valence-corrected chi connectivity index (χ3v) is 15.0. The summed E-state index contributed by atoms with van der Waals surface area (Å²) in [6.45, 7) is -4.81. The Morgan fingerprint density at radius 3 is 1.92 bits per heavy atom. The van der Waals surface area contributed by atoms with E-state index in [1.54, 1.807) is 0 Å². The van der Waals surface area contributed by atoms with E-state index in [9.17, 15) is 47.1 Å². The van der Waals surface area contributed by atoms with Crippen LogP contribution >= 0.6 is 38.7 Å². The number of aromatic nitrogens is 4. The molecule has 0 radical (unpaired) electrons. The quantitative estimate of drug-likeness (QED) is 0.0642. The average Bonchev–Trinajstić information content (AvgIpc) is 3.92. The summed E-state index contributed by atoms with van der Waals surface area (Å²) in [6.07, 6.45) is -6.72. The highest BCUT2D eigenvalue weighted by Gasteiger charge is 2.44. The van der Waals surface area contributed by atoms with Crippen molar-refractivity contribution in [1.82, 2.24) is 24.8 Å². The third kappa shape index (κ3) is 15.6. The van der Waals surface area contributed by atoms with E-state index < -0.39 is 133 Å². The molecule has 2 aromatic rings. The van der Waals surface area contributed by atoms with Crippen molar-refractivity contribution in [1.29, 1.82) is 0 Å². The summed E-state index contributed by atoms with van der Waals surface area (Å²) in [5.74, 6) is -0.194. The second kappa shape index (κ2) is 21.3. The van der Waals surface area contributed by atoms with Crippen LogP contribution in [0.5, 0.6) is 0 Å². The molecule has 0 saturated carbocycles. The number of phosphoric ester groups is 2. The van der Waals surface area contributed by atoms with Crippen molar-refractivity contribution in [3.63, 3.8) is 0 Å². The van der Waals surface area contributed by atoms with Crippen LogP contribution in [0.1, 0.15) is 23.4 Å². The van der Waals surface area contributed by atoms with Gasteiger partial charge in [-0.05, 0) is 0 Å². The number of nitrogens with zero attached hydrogens (tertiary/aromatic N) is 3. The number of hydrogen-bond acceptors (Lipinski definition) is 23. The molecular weight excluding hydrogens is 931 g/mol. The van der Waals surface area contributed by atoms with Crippen LogP contribution in [-0.4, -0.2) is 150 Å². The van der Waals surface area contributed by atoms with Crippen LogP contribution in [0.4, 0.5) is 10.7 Å². The molecule has 3 aliphatic heterocycles. The van der Waals surface area contributed by atoms with Gasteiger partial charge >= 0.3 is 44.8 Å². The van der Waals surface area contributed by atoms with Crippen LogP contribution in [-0.2, 0) is 89.0 Å². The van der Waals surface area contributed by atoms with Gasteiger partial charge in [-0.2, -0.15) is 13.6 Å². The number of aromatic amines is 1. The van der Waals surface area contributed by atoms with Crippen molar-refractivity contribution in [2.75, 3.05) is 78.9 Å². The van der Waals surface area contributed by atoms with Gasteiger partial charge in [-0.25, -0.2) is 23.5 Å². The summed E-state index contributed by atoms with van der Waals surface area (Å²) in [4.78, 5) is 63.6. The first kappa shape index (κ1) is 45.5. The minimum Gasteiger partial charge on any atom is -0.443 e. The highest BCUT2D eigenvalue weighted by molar-refractivity contribution is 7.66. The van der Waals surface area contributed by atoms with E-state index in [1.807, 2.05) is 0 Å². The lowest BCUT2D eigenvalue weighted by Gasteiger charge is -2.27. The minimum absolute atomic E-state index is 0.0391. The van der Waals surface area contributed by atoms with Gasteiger partial charge in [0.05, 0.1) is 62.3 Å². The van der Waals surface area contributed by atoms with Crippen LogP contribution in [0, 0.1) is 0 Å². The summed E-state index contributed by atoms with van der Waals surface area (Å²) in [6, 6.07) is 0. The second-order valence-corrected chi connectivity index (χ2v) is 21.6. The van der Waals surface area contributed by atoms with Crippen molar-refractivity contribution in [3.05, 3.63) is 16.7 Å². The van der Waals surface area contributed by atoms with E-state index in [0.29, 0.717) is 0 Å². The summed E-state index contributed by atoms with van der Waals surface area (Å²) < 4.78 is 155. The maximum atomic E-state index is 13.4. The zero-order valence-corrected chi connectivity index (χ0v) is 36.8. The van der Waals surface area contributed by atoms with Gasteiger partial charge in [0.15, 0.2) is 11.2 Å². The number of fused-ring (bicyclic) bond motifs is 1. The average molecular weight is 985 g/mol. The van der Waals surface area contributed by atoms with Gasteiger partial charge in [-0.15, -0.1) is 0 Å². The number of rotatable bonds is 24. The summed E-state index contributed by atoms with van der Waals surface area (Å²) in [7, 11) is -23.7. The lowest BCUT2D eigenvalue weighted by molar-refractivity contribution is -0.0147. The molecule has 61 heavy (non-hydrogen) atoms. The Morgan fingerprint density at radius 2 is 1.36 bits per heavy atom. The second-order valence-electron chi connectivity index (χ2n) is 12.9. The fourth-order valence-corrected chi connectivity index (χ4v) is 11.3. The molecule has 14 atom stereocenters. The van der Waals surface area contributed by atoms with Gasteiger partial charge in [0.2, 0.25) is 5.95 Å². The van der Waals surface area contributed by atoms with Crippen LogP contribution < -0.4 is 16.6 Å². The van der Waals surface area contributed by atoms with E-state index in [1.165, 1.54) is 17.9 Å². The lowest BCUT2D eigenvalue weighted by atomic mass is 10.2. The first-order valence-electron chi connectivity index (χ1n) is 19.4. The van der Waals surface area contributed by atoms with Gasteiger partial charge in [0.25, 0.3) is 5.56 Å². The van der Waals surface area contributed by atoms with E-state index in [-0.39, 0.29) is 49.7 Å². The third-order valence-electron chi connectivity index (χ3n) is 8.13. The Hall–Kier alpha value is -2.03. The lowest BCUT2D eigenvalue weighted by Crippen LogP contribution is -2.34. The van der Waals surface area contributed by atoms with Crippen molar-refractivity contribution in [2.45, 2.75) is 62.6 Å². The Labute approximate surface area is 350 Å².